The molecule has 0 amide bonds. The minimum absolute atomic E-state index is 0.455. The van der Waals surface area contributed by atoms with Crippen LogP contribution in [0.15, 0.2) is 59.6 Å². The van der Waals surface area contributed by atoms with Crippen molar-refractivity contribution in [3.05, 3.63) is 65.7 Å². The van der Waals surface area contributed by atoms with E-state index in [0.717, 1.165) is 29.4 Å². The maximum Gasteiger partial charge on any atom is 0.192 e. The normalized spacial score (nSPS) is 10.8. The zero-order valence-electron chi connectivity index (χ0n) is 14.0. The van der Waals surface area contributed by atoms with Gasteiger partial charge in [-0.3, -0.25) is 0 Å². The average Bonchev–Trinajstić information content (AvgIpc) is 2.63. The quantitative estimate of drug-likeness (QED) is 0.468. The van der Waals surface area contributed by atoms with Crippen molar-refractivity contribution in [2.24, 2.45) is 4.99 Å². The van der Waals surface area contributed by atoms with E-state index in [1.54, 1.807) is 0 Å². The first-order valence-electron chi connectivity index (χ1n) is 8.03. The number of terminal acetylenes is 1. The Balaban J connectivity index is 1.95. The van der Waals surface area contributed by atoms with Crippen molar-refractivity contribution < 1.29 is 4.74 Å². The van der Waals surface area contributed by atoms with Crippen molar-refractivity contribution in [2.45, 2.75) is 20.1 Å². The molecule has 0 aliphatic rings. The highest BCUT2D eigenvalue weighted by molar-refractivity contribution is 5.79. The second-order valence-electron chi connectivity index (χ2n) is 5.17. The molecule has 0 unspecified atom stereocenters. The molecule has 0 bridgehead atoms. The Morgan fingerprint density at radius 1 is 1.08 bits per heavy atom. The van der Waals surface area contributed by atoms with E-state index in [1.807, 2.05) is 43.3 Å². The predicted molar refractivity (Wildman–Crippen MR) is 98.9 cm³/mol. The van der Waals surface area contributed by atoms with Gasteiger partial charge in [0.05, 0.1) is 13.1 Å². The molecule has 0 saturated carbocycles. The highest BCUT2D eigenvalue weighted by atomic mass is 16.5. The first-order valence-corrected chi connectivity index (χ1v) is 8.03. The Kier molecular flexibility index (Phi) is 7.23. The molecule has 2 rings (SSSR count). The lowest BCUT2D eigenvalue weighted by molar-refractivity contribution is 0.306. The third-order valence-corrected chi connectivity index (χ3v) is 3.26. The van der Waals surface area contributed by atoms with Crippen LogP contribution in [0.3, 0.4) is 0 Å². The van der Waals surface area contributed by atoms with Gasteiger partial charge >= 0.3 is 0 Å². The van der Waals surface area contributed by atoms with Crippen LogP contribution in [-0.2, 0) is 13.2 Å². The lowest BCUT2D eigenvalue weighted by Gasteiger charge is -2.10. The summed E-state index contributed by atoms with van der Waals surface area (Å²) < 4.78 is 5.78. The van der Waals surface area contributed by atoms with E-state index >= 15 is 0 Å². The van der Waals surface area contributed by atoms with Crippen LogP contribution < -0.4 is 15.4 Å². The summed E-state index contributed by atoms with van der Waals surface area (Å²) in [6.07, 6.45) is 5.27. The van der Waals surface area contributed by atoms with Crippen LogP contribution in [0.5, 0.6) is 5.75 Å². The molecule has 124 valence electrons. The summed E-state index contributed by atoms with van der Waals surface area (Å²) in [5.74, 6) is 4.14. The van der Waals surface area contributed by atoms with Gasteiger partial charge in [-0.2, -0.15) is 0 Å². The Bertz CT molecular complexity index is 690. The molecule has 0 aromatic heterocycles. The number of nitrogens with zero attached hydrogens (tertiary/aromatic N) is 1. The van der Waals surface area contributed by atoms with E-state index in [0.29, 0.717) is 19.7 Å². The number of hydrogen-bond donors (Lipinski definition) is 2. The average molecular weight is 321 g/mol. The van der Waals surface area contributed by atoms with Gasteiger partial charge in [0.25, 0.3) is 0 Å². The molecule has 2 aromatic carbocycles. The number of benzene rings is 2. The molecule has 2 aromatic rings. The van der Waals surface area contributed by atoms with Gasteiger partial charge in [0.2, 0.25) is 0 Å². The highest BCUT2D eigenvalue weighted by Crippen LogP contribution is 2.13. The molecule has 2 N–H and O–H groups in total. The lowest BCUT2D eigenvalue weighted by atomic mass is 10.1. The standard InChI is InChI=1S/C20H23N3O/c1-3-13-22-20(21-4-2)23-15-17-9-8-10-18(14-17)16-24-19-11-6-5-7-12-19/h1,5-12,14H,4,13,15-16H2,2H3,(H2,21,22,23). The summed E-state index contributed by atoms with van der Waals surface area (Å²) in [5, 5.41) is 6.25. The topological polar surface area (TPSA) is 45.7 Å². The molecular formula is C20H23N3O. The number of rotatable bonds is 7. The molecular weight excluding hydrogens is 298 g/mol. The van der Waals surface area contributed by atoms with Crippen molar-refractivity contribution in [3.63, 3.8) is 0 Å². The maximum atomic E-state index is 5.78. The fourth-order valence-corrected chi connectivity index (χ4v) is 2.15. The second kappa shape index (κ2) is 9.96. The smallest absolute Gasteiger partial charge is 0.192 e. The summed E-state index contributed by atoms with van der Waals surface area (Å²) in [6.45, 7) is 4.39. The molecule has 4 heteroatoms. The fourth-order valence-electron chi connectivity index (χ4n) is 2.15. The number of ether oxygens (including phenoxy) is 1. The van der Waals surface area contributed by atoms with Crippen LogP contribution in [-0.4, -0.2) is 19.0 Å². The molecule has 0 aliphatic carbocycles. The Morgan fingerprint density at radius 3 is 2.62 bits per heavy atom. The number of aliphatic imine (C=N–C) groups is 1. The molecule has 0 heterocycles. The molecule has 0 spiro atoms. The Hall–Kier alpha value is -2.93. The van der Waals surface area contributed by atoms with Gasteiger partial charge in [-0.1, -0.05) is 48.4 Å². The number of nitrogens with one attached hydrogen (secondary N) is 2. The largest absolute Gasteiger partial charge is 0.489 e. The number of guanidine groups is 1. The summed E-state index contributed by atoms with van der Waals surface area (Å²) in [4.78, 5) is 4.54. The van der Waals surface area contributed by atoms with Crippen LogP contribution in [0.4, 0.5) is 0 Å². The first-order chi connectivity index (χ1) is 11.8. The maximum absolute atomic E-state index is 5.78. The molecule has 4 nitrogen and oxygen atoms in total. The summed E-state index contributed by atoms with van der Waals surface area (Å²) in [6, 6.07) is 18.0. The van der Waals surface area contributed by atoms with Crippen LogP contribution in [0.25, 0.3) is 0 Å². The van der Waals surface area contributed by atoms with E-state index in [1.165, 1.54) is 0 Å². The van der Waals surface area contributed by atoms with Gasteiger partial charge in [-0.25, -0.2) is 4.99 Å². The highest BCUT2D eigenvalue weighted by Gasteiger charge is 1.99. The second-order valence-corrected chi connectivity index (χ2v) is 5.17. The van der Waals surface area contributed by atoms with Crippen molar-refractivity contribution in [1.82, 2.24) is 10.6 Å². The molecule has 0 saturated heterocycles. The number of hydrogen-bond acceptors (Lipinski definition) is 2. The molecule has 0 aliphatic heterocycles. The number of para-hydroxylation sites is 1. The van der Waals surface area contributed by atoms with E-state index < -0.39 is 0 Å². The summed E-state index contributed by atoms with van der Waals surface area (Å²) in [5.41, 5.74) is 2.25. The van der Waals surface area contributed by atoms with Gasteiger partial charge in [0.1, 0.15) is 12.4 Å². The van der Waals surface area contributed by atoms with Crippen LogP contribution in [0, 0.1) is 12.3 Å². The molecule has 0 fully saturated rings. The summed E-state index contributed by atoms with van der Waals surface area (Å²) in [7, 11) is 0. The van der Waals surface area contributed by atoms with Crippen molar-refractivity contribution in [3.8, 4) is 18.1 Å². The Morgan fingerprint density at radius 2 is 1.88 bits per heavy atom. The van der Waals surface area contributed by atoms with E-state index in [-0.39, 0.29) is 0 Å². The van der Waals surface area contributed by atoms with Crippen molar-refractivity contribution in [1.29, 1.82) is 0 Å². The zero-order chi connectivity index (χ0) is 17.0. The van der Waals surface area contributed by atoms with E-state index in [2.05, 4.69) is 39.7 Å². The van der Waals surface area contributed by atoms with Gasteiger partial charge in [0.15, 0.2) is 5.96 Å². The third kappa shape index (κ3) is 6.05. The molecule has 0 atom stereocenters. The monoisotopic (exact) mass is 321 g/mol. The molecule has 0 radical (unpaired) electrons. The van der Waals surface area contributed by atoms with E-state index in [9.17, 15) is 0 Å². The lowest BCUT2D eigenvalue weighted by Crippen LogP contribution is -2.37. The van der Waals surface area contributed by atoms with Crippen molar-refractivity contribution in [2.75, 3.05) is 13.1 Å². The van der Waals surface area contributed by atoms with Gasteiger partial charge in [0, 0.05) is 6.54 Å². The van der Waals surface area contributed by atoms with Gasteiger partial charge in [-0.15, -0.1) is 6.42 Å². The summed E-state index contributed by atoms with van der Waals surface area (Å²) >= 11 is 0. The van der Waals surface area contributed by atoms with Gasteiger partial charge < -0.3 is 15.4 Å². The van der Waals surface area contributed by atoms with Crippen LogP contribution in [0.2, 0.25) is 0 Å². The first kappa shape index (κ1) is 17.4. The minimum Gasteiger partial charge on any atom is -0.489 e. The Labute approximate surface area is 144 Å². The SMILES string of the molecule is C#CCNC(=NCc1cccc(COc2ccccc2)c1)NCC. The van der Waals surface area contributed by atoms with Crippen LogP contribution >= 0.6 is 0 Å². The minimum atomic E-state index is 0.455. The predicted octanol–water partition coefficient (Wildman–Crippen LogP) is 2.95. The fraction of sp³-hybridized carbons (Fsp3) is 0.250. The third-order valence-electron chi connectivity index (χ3n) is 3.26. The van der Waals surface area contributed by atoms with Crippen LogP contribution in [0.1, 0.15) is 18.1 Å². The van der Waals surface area contributed by atoms with Crippen molar-refractivity contribution >= 4 is 5.96 Å². The van der Waals surface area contributed by atoms with Gasteiger partial charge in [-0.05, 0) is 30.2 Å². The zero-order valence-corrected chi connectivity index (χ0v) is 14.0. The molecule has 24 heavy (non-hydrogen) atoms. The van der Waals surface area contributed by atoms with E-state index in [4.69, 9.17) is 11.2 Å².